The highest BCUT2D eigenvalue weighted by Crippen LogP contribution is 2.18. The fourth-order valence-corrected chi connectivity index (χ4v) is 9.92. The molecule has 0 fully saturated rings. The van der Waals surface area contributed by atoms with Gasteiger partial charge in [-0.1, -0.05) is 281 Å². The second kappa shape index (κ2) is 60.6. The number of carboxylic acid groups (broad SMARTS) is 1. The number of quaternary nitrogens is 1. The molecule has 0 aromatic heterocycles. The number of esters is 2. The number of hydrogen-bond donors (Lipinski definition) is 1. The largest absolute Gasteiger partial charge is 0.477 e. The number of hydrogen-bond acceptors (Lipinski definition) is 7. The van der Waals surface area contributed by atoms with Crippen molar-refractivity contribution in [1.82, 2.24) is 0 Å². The van der Waals surface area contributed by atoms with Crippen LogP contribution in [0, 0.1) is 0 Å². The lowest BCUT2D eigenvalue weighted by atomic mass is 10.0. The van der Waals surface area contributed by atoms with Gasteiger partial charge in [0.15, 0.2) is 6.10 Å². The lowest BCUT2D eigenvalue weighted by molar-refractivity contribution is -0.870. The maximum atomic E-state index is 12.9. The summed E-state index contributed by atoms with van der Waals surface area (Å²) in [6.45, 7) is 4.91. The van der Waals surface area contributed by atoms with Gasteiger partial charge >= 0.3 is 17.9 Å². The fraction of sp³-hybridized carbons (Fsp3) is 0.870. The molecule has 0 saturated heterocycles. The Morgan fingerprint density at radius 3 is 1.03 bits per heavy atom. The number of carboxylic acids is 1. The molecule has 0 spiro atoms. The Hall–Kier alpha value is -2.49. The van der Waals surface area contributed by atoms with E-state index >= 15 is 0 Å². The van der Waals surface area contributed by atoms with Crippen LogP contribution in [0.5, 0.6) is 0 Å². The monoisotopic (exact) mass is 1100 g/mol. The third-order valence-electron chi connectivity index (χ3n) is 15.1. The summed E-state index contributed by atoms with van der Waals surface area (Å²) in [4.78, 5) is 37.5. The standard InChI is InChI=1S/C69H129NO8/c1-6-8-10-12-14-16-18-20-22-24-26-27-28-29-30-31-32-33-34-35-36-37-38-39-40-41-42-44-46-48-50-52-54-56-58-60-67(72)78-65(64-77-69(68(73)74)75-62-61-70(3,4)5)63-76-66(71)59-57-55-53-51-49-47-45-43-25-23-21-19-17-15-13-11-9-7-2/h18,20,23-26,65,69H,6-17,19,21-22,27-64H2,1-5H3/p+1/b20-18-,25-23-,26-24-. The molecular weight excluding hydrogens is 971 g/mol. The molecule has 0 rings (SSSR count). The predicted molar refractivity (Wildman–Crippen MR) is 332 cm³/mol. The van der Waals surface area contributed by atoms with Crippen LogP contribution in [-0.4, -0.2) is 87.4 Å². The van der Waals surface area contributed by atoms with Gasteiger partial charge in [-0.25, -0.2) is 4.79 Å². The summed E-state index contributed by atoms with van der Waals surface area (Å²) in [6.07, 6.45) is 72.6. The number of carbonyl (C=O) groups excluding carboxylic acids is 2. The molecule has 0 aliphatic rings. The third kappa shape index (κ3) is 61.1. The molecule has 0 heterocycles. The number of unbranched alkanes of at least 4 members (excludes halogenated alkanes) is 42. The molecule has 1 N–H and O–H groups in total. The van der Waals surface area contributed by atoms with Crippen molar-refractivity contribution in [2.24, 2.45) is 0 Å². The van der Waals surface area contributed by atoms with E-state index in [0.717, 1.165) is 44.9 Å². The quantitative estimate of drug-likeness (QED) is 0.0211. The Bertz CT molecular complexity index is 1370. The van der Waals surface area contributed by atoms with Gasteiger partial charge in [0.05, 0.1) is 34.4 Å². The highest BCUT2D eigenvalue weighted by molar-refractivity contribution is 5.71. The first kappa shape index (κ1) is 75.5. The van der Waals surface area contributed by atoms with Crippen molar-refractivity contribution in [2.45, 2.75) is 341 Å². The summed E-state index contributed by atoms with van der Waals surface area (Å²) in [6, 6.07) is 0. The minimum atomic E-state index is -1.51. The Balaban J connectivity index is 4.03. The van der Waals surface area contributed by atoms with Crippen LogP contribution in [0.25, 0.3) is 0 Å². The first-order valence-corrected chi connectivity index (χ1v) is 33.7. The van der Waals surface area contributed by atoms with E-state index in [-0.39, 0.29) is 38.2 Å². The summed E-state index contributed by atoms with van der Waals surface area (Å²) in [5.41, 5.74) is 0. The van der Waals surface area contributed by atoms with Crippen molar-refractivity contribution in [2.75, 3.05) is 47.5 Å². The van der Waals surface area contributed by atoms with Gasteiger partial charge in [-0.15, -0.1) is 0 Å². The van der Waals surface area contributed by atoms with E-state index in [4.69, 9.17) is 18.9 Å². The molecule has 0 aliphatic heterocycles. The van der Waals surface area contributed by atoms with Crippen LogP contribution in [0.2, 0.25) is 0 Å². The summed E-state index contributed by atoms with van der Waals surface area (Å²) in [5, 5.41) is 9.72. The molecule has 458 valence electrons. The lowest BCUT2D eigenvalue weighted by Gasteiger charge is -2.25. The number of carbonyl (C=O) groups is 3. The smallest absolute Gasteiger partial charge is 0.361 e. The van der Waals surface area contributed by atoms with E-state index in [9.17, 15) is 19.5 Å². The number of aliphatic carboxylic acids is 1. The molecule has 0 aromatic rings. The van der Waals surface area contributed by atoms with Crippen molar-refractivity contribution in [3.05, 3.63) is 36.5 Å². The number of ether oxygens (including phenoxy) is 4. The molecular formula is C69H130NO8+. The van der Waals surface area contributed by atoms with Crippen molar-refractivity contribution >= 4 is 17.9 Å². The lowest BCUT2D eigenvalue weighted by Crippen LogP contribution is -2.40. The molecule has 9 nitrogen and oxygen atoms in total. The molecule has 0 saturated carbocycles. The Kier molecular flexibility index (Phi) is 58.7. The second-order valence-electron chi connectivity index (χ2n) is 24.1. The van der Waals surface area contributed by atoms with E-state index in [1.807, 2.05) is 21.1 Å². The zero-order valence-corrected chi connectivity index (χ0v) is 52.3. The first-order chi connectivity index (χ1) is 38.1. The molecule has 0 aromatic carbocycles. The summed E-state index contributed by atoms with van der Waals surface area (Å²) in [7, 11) is 5.98. The molecule has 0 radical (unpaired) electrons. The van der Waals surface area contributed by atoms with Gasteiger partial charge in [-0.3, -0.25) is 9.59 Å². The minimum Gasteiger partial charge on any atom is -0.477 e. The average molecular weight is 1100 g/mol. The summed E-state index contributed by atoms with van der Waals surface area (Å²) in [5.74, 6) is -1.99. The fourth-order valence-electron chi connectivity index (χ4n) is 9.92. The molecule has 0 aliphatic carbocycles. The van der Waals surface area contributed by atoms with Gasteiger partial charge in [0.1, 0.15) is 13.2 Å². The van der Waals surface area contributed by atoms with Crippen LogP contribution in [0.15, 0.2) is 36.5 Å². The van der Waals surface area contributed by atoms with Gasteiger partial charge in [0.2, 0.25) is 0 Å². The van der Waals surface area contributed by atoms with Crippen LogP contribution in [0.4, 0.5) is 0 Å². The Morgan fingerprint density at radius 2 is 0.692 bits per heavy atom. The Labute approximate surface area is 483 Å². The van der Waals surface area contributed by atoms with Crippen LogP contribution in [0.3, 0.4) is 0 Å². The van der Waals surface area contributed by atoms with Gasteiger partial charge in [0.25, 0.3) is 6.29 Å². The van der Waals surface area contributed by atoms with Crippen molar-refractivity contribution in [1.29, 1.82) is 0 Å². The molecule has 2 unspecified atom stereocenters. The molecule has 0 amide bonds. The van der Waals surface area contributed by atoms with E-state index in [1.165, 1.54) is 257 Å². The second-order valence-corrected chi connectivity index (χ2v) is 24.1. The SMILES string of the molecule is CCCCCCC/C=C\C/C=C\CCCCCCCCCCCCCCCCCCCCCCCCCC(=O)OC(COC(=O)CCCCCCCCC/C=C\CCCCCCCCC)COC(OCC[N+](C)(C)C)C(=O)O. The van der Waals surface area contributed by atoms with Crippen LogP contribution in [-0.2, 0) is 33.3 Å². The maximum absolute atomic E-state index is 12.9. The number of rotatable bonds is 63. The van der Waals surface area contributed by atoms with E-state index in [2.05, 4.69) is 50.3 Å². The molecule has 9 heteroatoms. The van der Waals surface area contributed by atoms with Crippen LogP contribution >= 0.6 is 0 Å². The molecule has 78 heavy (non-hydrogen) atoms. The normalized spacial score (nSPS) is 12.9. The first-order valence-electron chi connectivity index (χ1n) is 33.7. The van der Waals surface area contributed by atoms with Gasteiger partial charge < -0.3 is 28.5 Å². The van der Waals surface area contributed by atoms with Crippen molar-refractivity contribution in [3.63, 3.8) is 0 Å². The number of nitrogens with zero attached hydrogens (tertiary/aromatic N) is 1. The van der Waals surface area contributed by atoms with Gasteiger partial charge in [-0.2, -0.15) is 0 Å². The van der Waals surface area contributed by atoms with E-state index in [0.29, 0.717) is 17.4 Å². The number of allylic oxidation sites excluding steroid dienone is 6. The Morgan fingerprint density at radius 1 is 0.385 bits per heavy atom. The zero-order chi connectivity index (χ0) is 56.9. The van der Waals surface area contributed by atoms with Gasteiger partial charge in [0, 0.05) is 12.8 Å². The zero-order valence-electron chi connectivity index (χ0n) is 52.3. The van der Waals surface area contributed by atoms with Crippen molar-refractivity contribution < 1.29 is 42.9 Å². The summed E-state index contributed by atoms with van der Waals surface area (Å²) >= 11 is 0. The number of likely N-dealkylation sites (N-methyl/N-ethyl adjacent to an activating group) is 1. The molecule has 2 atom stereocenters. The predicted octanol–water partition coefficient (Wildman–Crippen LogP) is 20.4. The minimum absolute atomic E-state index is 0.180. The maximum Gasteiger partial charge on any atom is 0.361 e. The van der Waals surface area contributed by atoms with Gasteiger partial charge in [-0.05, 0) is 70.6 Å². The van der Waals surface area contributed by atoms with Crippen LogP contribution < -0.4 is 0 Å². The van der Waals surface area contributed by atoms with Crippen LogP contribution in [0.1, 0.15) is 328 Å². The van der Waals surface area contributed by atoms with E-state index < -0.39 is 18.4 Å². The molecule has 0 bridgehead atoms. The third-order valence-corrected chi connectivity index (χ3v) is 15.1. The highest BCUT2D eigenvalue weighted by Gasteiger charge is 2.25. The van der Waals surface area contributed by atoms with Crippen molar-refractivity contribution in [3.8, 4) is 0 Å². The highest BCUT2D eigenvalue weighted by atomic mass is 16.7. The topological polar surface area (TPSA) is 108 Å². The van der Waals surface area contributed by atoms with E-state index in [1.54, 1.807) is 0 Å². The summed E-state index contributed by atoms with van der Waals surface area (Å²) < 4.78 is 22.9. The average Bonchev–Trinajstić information content (AvgIpc) is 3.41.